The van der Waals surface area contributed by atoms with Gasteiger partial charge in [-0.2, -0.15) is 5.10 Å². The molecule has 98 valence electrons. The lowest BCUT2D eigenvalue weighted by molar-refractivity contribution is -0.572. The number of nitro groups is 1. The van der Waals surface area contributed by atoms with Gasteiger partial charge in [-0.05, 0) is 6.92 Å². The molecule has 0 aromatic heterocycles. The highest BCUT2D eigenvalue weighted by atomic mass is 35.6. The second kappa shape index (κ2) is 5.01. The number of hydrazone groups is 1. The molecule has 0 spiro atoms. The van der Waals surface area contributed by atoms with E-state index >= 15 is 0 Å². The Balaban J connectivity index is 3.07. The molecule has 1 aliphatic rings. The van der Waals surface area contributed by atoms with Crippen molar-refractivity contribution < 1.29 is 4.92 Å². The third-order valence-electron chi connectivity index (χ3n) is 2.02. The zero-order valence-electron chi connectivity index (χ0n) is 8.36. The van der Waals surface area contributed by atoms with E-state index in [2.05, 4.69) is 5.10 Å². The Bertz CT molecular complexity index is 344. The molecule has 11 heteroatoms. The largest absolute Gasteiger partial charge is 0.386 e. The Morgan fingerprint density at radius 2 is 1.94 bits per heavy atom. The lowest BCUT2D eigenvalue weighted by atomic mass is 10.5. The fourth-order valence-corrected chi connectivity index (χ4v) is 1.76. The van der Waals surface area contributed by atoms with Crippen LogP contribution in [0.5, 0.6) is 0 Å². The van der Waals surface area contributed by atoms with Crippen molar-refractivity contribution in [3.63, 3.8) is 0 Å². The highest BCUT2D eigenvalue weighted by molar-refractivity contribution is 6.75. The monoisotopic (exact) mass is 342 g/mol. The Labute approximate surface area is 122 Å². The second-order valence-corrected chi connectivity index (χ2v) is 6.63. The number of nitrogens with zero attached hydrogens (tertiary/aromatic N) is 4. The summed E-state index contributed by atoms with van der Waals surface area (Å²) in [6, 6.07) is 0. The molecule has 6 nitrogen and oxygen atoms in total. The molecule has 1 rings (SSSR count). The number of hydrogen-bond acceptors (Lipinski definition) is 5. The van der Waals surface area contributed by atoms with Gasteiger partial charge in [0.1, 0.15) is 6.34 Å². The summed E-state index contributed by atoms with van der Waals surface area (Å²) in [5, 5.41) is 15.9. The molecule has 17 heavy (non-hydrogen) atoms. The molecule has 0 saturated heterocycles. The summed E-state index contributed by atoms with van der Waals surface area (Å²) in [6.45, 7) is 1.96. The average molecular weight is 344 g/mol. The summed E-state index contributed by atoms with van der Waals surface area (Å²) in [5.41, 5.74) is 0. The van der Waals surface area contributed by atoms with E-state index in [9.17, 15) is 10.1 Å². The van der Waals surface area contributed by atoms with E-state index in [1.807, 2.05) is 0 Å². The Morgan fingerprint density at radius 1 is 1.41 bits per heavy atom. The number of alkyl halides is 5. The minimum Gasteiger partial charge on any atom is -0.261 e. The topological polar surface area (TPSA) is 62.0 Å². The molecule has 0 amide bonds. The van der Waals surface area contributed by atoms with E-state index in [0.717, 1.165) is 16.2 Å². The zero-order chi connectivity index (χ0) is 13.4. The summed E-state index contributed by atoms with van der Waals surface area (Å²) in [7, 11) is 0. The fraction of sp³-hybridized carbons (Fsp3) is 0.833. The lowest BCUT2D eigenvalue weighted by Crippen LogP contribution is -2.57. The molecule has 0 N–H and O–H groups in total. The van der Waals surface area contributed by atoms with Crippen molar-refractivity contribution in [3.8, 4) is 0 Å². The van der Waals surface area contributed by atoms with Gasteiger partial charge < -0.3 is 0 Å². The van der Waals surface area contributed by atoms with E-state index < -0.39 is 19.5 Å². The van der Waals surface area contributed by atoms with E-state index in [-0.39, 0.29) is 6.54 Å². The quantitative estimate of drug-likeness (QED) is 0.342. The van der Waals surface area contributed by atoms with Crippen LogP contribution in [0.2, 0.25) is 0 Å². The highest BCUT2D eigenvalue weighted by Gasteiger charge is 2.57. The van der Waals surface area contributed by atoms with Crippen LogP contribution in [-0.2, 0) is 0 Å². The summed E-state index contributed by atoms with van der Waals surface area (Å²) < 4.78 is -4.25. The van der Waals surface area contributed by atoms with E-state index in [1.165, 1.54) is 0 Å². The first-order valence-electron chi connectivity index (χ1n) is 4.30. The van der Waals surface area contributed by atoms with Crippen LogP contribution in [0.1, 0.15) is 6.92 Å². The van der Waals surface area contributed by atoms with Gasteiger partial charge in [0.15, 0.2) is 0 Å². The minimum absolute atomic E-state index is 0.280. The molecule has 1 unspecified atom stereocenters. The van der Waals surface area contributed by atoms with Crippen LogP contribution in [0.25, 0.3) is 0 Å². The molecule has 0 saturated carbocycles. The van der Waals surface area contributed by atoms with Crippen LogP contribution >= 0.6 is 58.0 Å². The average Bonchev–Trinajstić information content (AvgIpc) is 2.59. The Hall–Kier alpha value is 0.120. The van der Waals surface area contributed by atoms with Gasteiger partial charge in [0.2, 0.25) is 8.25 Å². The molecular weight excluding hydrogens is 337 g/mol. The summed E-state index contributed by atoms with van der Waals surface area (Å²) in [5.74, 6) is 0. The van der Waals surface area contributed by atoms with Gasteiger partial charge in [-0.15, -0.1) is 0 Å². The zero-order valence-corrected chi connectivity index (χ0v) is 12.1. The first-order valence-corrected chi connectivity index (χ1v) is 6.19. The van der Waals surface area contributed by atoms with Crippen LogP contribution in [0.15, 0.2) is 5.10 Å². The third-order valence-corrected chi connectivity index (χ3v) is 4.38. The van der Waals surface area contributed by atoms with Crippen molar-refractivity contribution in [2.24, 2.45) is 5.10 Å². The van der Waals surface area contributed by atoms with Crippen molar-refractivity contribution >= 4 is 64.3 Å². The van der Waals surface area contributed by atoms with Crippen LogP contribution in [0.3, 0.4) is 0 Å². The van der Waals surface area contributed by atoms with Crippen molar-refractivity contribution in [3.05, 3.63) is 10.1 Å². The standard InChI is InChI=1S/C6H7Cl5N4O2/c1-2-14-4(15(16)17)13(3-12-14)6(10,11)5(7,8)9/h3-4H,2H2,1H3. The lowest BCUT2D eigenvalue weighted by Gasteiger charge is -2.36. The number of rotatable bonds is 3. The van der Waals surface area contributed by atoms with Gasteiger partial charge in [-0.1, -0.05) is 58.0 Å². The second-order valence-electron chi connectivity index (χ2n) is 3.06. The molecular formula is C6H7Cl5N4O2. The SMILES string of the molecule is CCN1N=CN(C(Cl)(Cl)C(Cl)(Cl)Cl)C1[N+](=O)[O-]. The molecule has 1 aliphatic heterocycles. The molecule has 1 atom stereocenters. The maximum Gasteiger partial charge on any atom is 0.386 e. The van der Waals surface area contributed by atoms with Crippen LogP contribution in [0.4, 0.5) is 0 Å². The summed E-state index contributed by atoms with van der Waals surface area (Å²) in [4.78, 5) is 11.2. The summed E-state index contributed by atoms with van der Waals surface area (Å²) in [6.07, 6.45) is -0.343. The van der Waals surface area contributed by atoms with E-state index in [0.29, 0.717) is 0 Å². The molecule has 0 aliphatic carbocycles. The van der Waals surface area contributed by atoms with Crippen LogP contribution in [0, 0.1) is 10.1 Å². The Kier molecular flexibility index (Phi) is 4.47. The van der Waals surface area contributed by atoms with E-state index in [4.69, 9.17) is 58.0 Å². The van der Waals surface area contributed by atoms with Gasteiger partial charge in [-0.25, -0.2) is 9.91 Å². The van der Waals surface area contributed by atoms with Crippen molar-refractivity contribution in [2.45, 2.75) is 21.5 Å². The van der Waals surface area contributed by atoms with Gasteiger partial charge in [0.25, 0.3) is 0 Å². The van der Waals surface area contributed by atoms with Gasteiger partial charge in [0.05, 0.1) is 4.92 Å². The minimum atomic E-state index is -2.14. The predicted molar refractivity (Wildman–Crippen MR) is 68.2 cm³/mol. The van der Waals surface area contributed by atoms with Crippen molar-refractivity contribution in [2.75, 3.05) is 6.54 Å². The van der Waals surface area contributed by atoms with Gasteiger partial charge >= 0.3 is 6.29 Å². The van der Waals surface area contributed by atoms with Gasteiger partial charge in [0, 0.05) is 6.54 Å². The predicted octanol–water partition coefficient (Wildman–Crippen LogP) is 2.63. The maximum atomic E-state index is 11.0. The first-order chi connectivity index (χ1) is 7.63. The number of halogens is 5. The van der Waals surface area contributed by atoms with Gasteiger partial charge in [-0.3, -0.25) is 10.1 Å². The fourth-order valence-electron chi connectivity index (χ4n) is 1.20. The third kappa shape index (κ3) is 2.76. The van der Waals surface area contributed by atoms with Crippen molar-refractivity contribution in [1.82, 2.24) is 9.91 Å². The Morgan fingerprint density at radius 3 is 2.29 bits per heavy atom. The molecule has 0 aromatic carbocycles. The highest BCUT2D eigenvalue weighted by Crippen LogP contribution is 2.49. The molecule has 0 radical (unpaired) electrons. The summed E-state index contributed by atoms with van der Waals surface area (Å²) >= 11 is 28.5. The molecule has 0 fully saturated rings. The van der Waals surface area contributed by atoms with Crippen LogP contribution in [-0.4, -0.2) is 42.3 Å². The first kappa shape index (κ1) is 15.2. The van der Waals surface area contributed by atoms with Crippen molar-refractivity contribution in [1.29, 1.82) is 0 Å². The molecule has 1 heterocycles. The molecule has 0 bridgehead atoms. The number of hydrogen-bond donors (Lipinski definition) is 0. The normalized spacial score (nSPS) is 21.2. The molecule has 0 aromatic rings. The maximum absolute atomic E-state index is 11.0. The van der Waals surface area contributed by atoms with E-state index in [1.54, 1.807) is 6.92 Å². The van der Waals surface area contributed by atoms with Crippen LogP contribution < -0.4 is 0 Å². The smallest absolute Gasteiger partial charge is 0.261 e.